The molecule has 0 N–H and O–H groups in total. The van der Waals surface area contributed by atoms with Gasteiger partial charge in [-0.15, -0.1) is 0 Å². The molecule has 196 valence electrons. The summed E-state index contributed by atoms with van der Waals surface area (Å²) in [5.74, 6) is -0.188. The molecule has 1 saturated heterocycles. The molecule has 5 rings (SSSR count). The summed E-state index contributed by atoms with van der Waals surface area (Å²) in [6.07, 6.45) is 0.776. The first-order valence-corrected chi connectivity index (χ1v) is 11.8. The van der Waals surface area contributed by atoms with E-state index in [1.165, 1.54) is 12.5 Å². The Morgan fingerprint density at radius 3 is 2.68 bits per heavy atom. The number of fused-ring (bicyclic) bond motifs is 1. The molecule has 3 aromatic rings. The van der Waals surface area contributed by atoms with Crippen molar-refractivity contribution in [2.45, 2.75) is 38.6 Å². The number of alkyl halides is 3. The maximum atomic E-state index is 13.5. The first kappa shape index (κ1) is 24.8. The second-order valence-electron chi connectivity index (χ2n) is 9.11. The number of nitrogens with zero attached hydrogens (tertiary/aromatic N) is 7. The summed E-state index contributed by atoms with van der Waals surface area (Å²) < 4.78 is 53.2. The molecule has 3 aromatic heterocycles. The Morgan fingerprint density at radius 2 is 1.97 bits per heavy atom. The number of methoxy groups -OCH3 is 1. The molecule has 10 nitrogen and oxygen atoms in total. The van der Waals surface area contributed by atoms with Crippen molar-refractivity contribution in [2.75, 3.05) is 31.6 Å². The highest BCUT2D eigenvalue weighted by Gasteiger charge is 2.37. The smallest absolute Gasteiger partial charge is 0.421 e. The van der Waals surface area contributed by atoms with E-state index in [1.54, 1.807) is 34.6 Å². The number of halogens is 3. The Kier molecular flexibility index (Phi) is 6.38. The van der Waals surface area contributed by atoms with E-state index in [0.717, 1.165) is 18.9 Å². The molecule has 1 unspecified atom stereocenters. The highest BCUT2D eigenvalue weighted by Crippen LogP contribution is 2.38. The van der Waals surface area contributed by atoms with Gasteiger partial charge in [0, 0.05) is 39.2 Å². The van der Waals surface area contributed by atoms with Crippen molar-refractivity contribution in [1.82, 2.24) is 29.6 Å². The fourth-order valence-electron chi connectivity index (χ4n) is 4.76. The maximum absolute atomic E-state index is 13.5. The van der Waals surface area contributed by atoms with Gasteiger partial charge < -0.3 is 19.3 Å². The first-order valence-electron chi connectivity index (χ1n) is 11.8. The van der Waals surface area contributed by atoms with Gasteiger partial charge in [0.1, 0.15) is 18.0 Å². The molecule has 1 fully saturated rings. The zero-order chi connectivity index (χ0) is 26.3. The van der Waals surface area contributed by atoms with E-state index < -0.39 is 17.6 Å². The van der Waals surface area contributed by atoms with E-state index >= 15 is 0 Å². The summed E-state index contributed by atoms with van der Waals surface area (Å²) in [7, 11) is 2.93. The number of rotatable bonds is 5. The van der Waals surface area contributed by atoms with E-state index in [2.05, 4.69) is 20.1 Å². The Hall–Kier alpha value is -3.90. The summed E-state index contributed by atoms with van der Waals surface area (Å²) in [5, 5.41) is 4.24. The van der Waals surface area contributed by atoms with Crippen molar-refractivity contribution in [2.24, 2.45) is 7.05 Å². The van der Waals surface area contributed by atoms with Crippen molar-refractivity contribution in [3.63, 3.8) is 0 Å². The van der Waals surface area contributed by atoms with Crippen molar-refractivity contribution in [1.29, 1.82) is 0 Å². The lowest BCUT2D eigenvalue weighted by Gasteiger charge is -2.31. The molecule has 1 atom stereocenters. The van der Waals surface area contributed by atoms with Gasteiger partial charge in [-0.1, -0.05) is 0 Å². The fourth-order valence-corrected chi connectivity index (χ4v) is 4.76. The van der Waals surface area contributed by atoms with Crippen LogP contribution in [0.2, 0.25) is 0 Å². The van der Waals surface area contributed by atoms with Crippen LogP contribution >= 0.6 is 0 Å². The van der Waals surface area contributed by atoms with E-state index in [9.17, 15) is 18.0 Å². The number of carbonyl (C=O) groups excluding carboxylic acids is 1. The molecule has 0 aliphatic carbocycles. The van der Waals surface area contributed by atoms with E-state index in [1.807, 2.05) is 0 Å². The van der Waals surface area contributed by atoms with Gasteiger partial charge in [-0.25, -0.2) is 15.0 Å². The predicted molar refractivity (Wildman–Crippen MR) is 125 cm³/mol. The molecule has 2 aliphatic rings. The van der Waals surface area contributed by atoms with Gasteiger partial charge in [-0.05, 0) is 13.0 Å². The van der Waals surface area contributed by atoms with Crippen LogP contribution in [0.4, 0.5) is 18.9 Å². The monoisotopic (exact) mass is 517 g/mol. The molecule has 0 saturated carbocycles. The second kappa shape index (κ2) is 9.52. The molecular weight excluding hydrogens is 491 g/mol. The zero-order valence-corrected chi connectivity index (χ0v) is 20.6. The van der Waals surface area contributed by atoms with Crippen LogP contribution < -0.4 is 14.4 Å². The van der Waals surface area contributed by atoms with Crippen LogP contribution in [0, 0.1) is 6.92 Å². The van der Waals surface area contributed by atoms with Crippen molar-refractivity contribution in [3.05, 3.63) is 52.9 Å². The van der Waals surface area contributed by atoms with Crippen molar-refractivity contribution >= 4 is 11.6 Å². The highest BCUT2D eigenvalue weighted by atomic mass is 19.4. The van der Waals surface area contributed by atoms with Gasteiger partial charge in [-0.3, -0.25) is 9.48 Å². The number of likely N-dealkylation sites (tertiary alicyclic amines) is 1. The maximum Gasteiger partial charge on any atom is 0.421 e. The molecule has 2 aliphatic heterocycles. The van der Waals surface area contributed by atoms with Crippen LogP contribution in [0.25, 0.3) is 0 Å². The molecule has 37 heavy (non-hydrogen) atoms. The molecule has 0 spiro atoms. The van der Waals surface area contributed by atoms with Crippen molar-refractivity contribution in [3.8, 4) is 11.8 Å². The Bertz CT molecular complexity index is 1330. The SMILES string of the molecule is COc1ncc(N2CCc3ncnc(OC4CCN(C(=O)c5cn(C)nc5C)C4)c3C2)cc1C(F)(F)F. The number of hydrogen-bond donors (Lipinski definition) is 0. The van der Waals surface area contributed by atoms with E-state index in [0.29, 0.717) is 60.9 Å². The minimum Gasteiger partial charge on any atom is -0.481 e. The van der Waals surface area contributed by atoms with E-state index in [-0.39, 0.29) is 18.6 Å². The number of aryl methyl sites for hydroxylation is 2. The molecule has 5 heterocycles. The van der Waals surface area contributed by atoms with Gasteiger partial charge in [0.2, 0.25) is 11.8 Å². The number of aromatic nitrogens is 5. The normalized spacial score (nSPS) is 17.6. The fraction of sp³-hybridized carbons (Fsp3) is 0.458. The standard InChI is InChI=1S/C24H26F3N7O3/c1-14-17(11-32(2)31-14)23(35)34-6-4-16(10-34)37-21-18-12-33(7-5-20(18)29-13-30-21)15-8-19(24(25,26)27)22(36-3)28-9-15/h8-9,11,13,16H,4-7,10,12H2,1-3H3. The van der Waals surface area contributed by atoms with Gasteiger partial charge in [0.25, 0.3) is 5.91 Å². The third-order valence-electron chi connectivity index (χ3n) is 6.62. The lowest BCUT2D eigenvalue weighted by molar-refractivity contribution is -0.139. The largest absolute Gasteiger partial charge is 0.481 e. The number of anilines is 1. The second-order valence-corrected chi connectivity index (χ2v) is 9.11. The summed E-state index contributed by atoms with van der Waals surface area (Å²) in [5.41, 5.74) is 2.12. The number of carbonyl (C=O) groups is 1. The van der Waals surface area contributed by atoms with Crippen LogP contribution in [0.15, 0.2) is 24.8 Å². The average Bonchev–Trinajstić information content (AvgIpc) is 3.48. The van der Waals surface area contributed by atoms with Crippen LogP contribution in [0.3, 0.4) is 0 Å². The van der Waals surface area contributed by atoms with Crippen LogP contribution in [0.5, 0.6) is 11.8 Å². The van der Waals surface area contributed by atoms with Gasteiger partial charge in [0.15, 0.2) is 0 Å². The van der Waals surface area contributed by atoms with Gasteiger partial charge in [0.05, 0.1) is 54.6 Å². The molecule has 0 bridgehead atoms. The lowest BCUT2D eigenvalue weighted by Crippen LogP contribution is -2.33. The molecule has 1 amide bonds. The topological polar surface area (TPSA) is 98.5 Å². The molecule has 13 heteroatoms. The summed E-state index contributed by atoms with van der Waals surface area (Å²) in [4.78, 5) is 29.0. The minimum atomic E-state index is -4.60. The summed E-state index contributed by atoms with van der Waals surface area (Å²) in [6, 6.07) is 1.04. The highest BCUT2D eigenvalue weighted by molar-refractivity contribution is 5.95. The third kappa shape index (κ3) is 4.89. The Balaban J connectivity index is 1.32. The molecular formula is C24H26F3N7O3. The molecule has 0 radical (unpaired) electrons. The predicted octanol–water partition coefficient (Wildman–Crippen LogP) is 2.80. The van der Waals surface area contributed by atoms with Crippen molar-refractivity contribution < 1.29 is 27.4 Å². The Labute approximate surface area is 211 Å². The first-order chi connectivity index (χ1) is 17.6. The zero-order valence-electron chi connectivity index (χ0n) is 20.6. The number of amides is 1. The third-order valence-corrected chi connectivity index (χ3v) is 6.62. The van der Waals surface area contributed by atoms with Gasteiger partial charge in [-0.2, -0.15) is 18.3 Å². The number of pyridine rings is 1. The molecule has 0 aromatic carbocycles. The van der Waals surface area contributed by atoms with Crippen LogP contribution in [-0.2, 0) is 26.2 Å². The van der Waals surface area contributed by atoms with Crippen LogP contribution in [0.1, 0.15) is 39.3 Å². The minimum absolute atomic E-state index is 0.0972. The summed E-state index contributed by atoms with van der Waals surface area (Å²) >= 11 is 0. The lowest BCUT2D eigenvalue weighted by atomic mass is 10.1. The van der Waals surface area contributed by atoms with E-state index in [4.69, 9.17) is 9.47 Å². The Morgan fingerprint density at radius 1 is 1.16 bits per heavy atom. The number of hydrogen-bond acceptors (Lipinski definition) is 8. The van der Waals surface area contributed by atoms with Crippen LogP contribution in [-0.4, -0.2) is 68.4 Å². The number of ether oxygens (including phenoxy) is 2. The quantitative estimate of drug-likeness (QED) is 0.510. The summed E-state index contributed by atoms with van der Waals surface area (Å²) in [6.45, 7) is 3.46. The average molecular weight is 518 g/mol. The van der Waals surface area contributed by atoms with Gasteiger partial charge >= 0.3 is 6.18 Å².